The third-order valence-corrected chi connectivity index (χ3v) is 4.56. The molecule has 0 atom stereocenters. The van der Waals surface area contributed by atoms with Gasteiger partial charge in [0.25, 0.3) is 5.91 Å². The van der Waals surface area contributed by atoms with Crippen molar-refractivity contribution in [3.05, 3.63) is 63.2 Å². The van der Waals surface area contributed by atoms with Crippen molar-refractivity contribution >= 4 is 45.4 Å². The maximum atomic E-state index is 12.5. The Morgan fingerprint density at radius 1 is 1.12 bits per heavy atom. The fourth-order valence-electron chi connectivity index (χ4n) is 2.59. The fourth-order valence-corrected chi connectivity index (χ4v) is 3.36. The summed E-state index contributed by atoms with van der Waals surface area (Å²) in [7, 11) is 0. The minimum Gasteiger partial charge on any atom is -0.370 e. The van der Waals surface area contributed by atoms with Gasteiger partial charge in [-0.2, -0.15) is 4.99 Å². The highest BCUT2D eigenvalue weighted by Gasteiger charge is 2.16. The van der Waals surface area contributed by atoms with Crippen LogP contribution in [0.5, 0.6) is 0 Å². The Morgan fingerprint density at radius 2 is 1.88 bits per heavy atom. The van der Waals surface area contributed by atoms with Crippen LogP contribution in [0.4, 0.5) is 0 Å². The average Bonchev–Trinajstić information content (AvgIpc) is 2.54. The first kappa shape index (κ1) is 16.4. The first-order valence-corrected chi connectivity index (χ1v) is 8.34. The molecule has 0 spiro atoms. The van der Waals surface area contributed by atoms with Crippen molar-refractivity contribution in [3.63, 3.8) is 0 Å². The van der Waals surface area contributed by atoms with Crippen molar-refractivity contribution in [1.29, 1.82) is 0 Å². The van der Waals surface area contributed by atoms with Gasteiger partial charge < -0.3 is 11.5 Å². The van der Waals surface area contributed by atoms with Crippen LogP contribution in [0, 0.1) is 10.5 Å². The number of aliphatic imine (C=N–C) groups is 1. The Bertz CT molecular complexity index is 978. The lowest BCUT2D eigenvalue weighted by atomic mass is 10.0. The van der Waals surface area contributed by atoms with Gasteiger partial charge in [-0.15, -0.1) is 0 Å². The summed E-state index contributed by atoms with van der Waals surface area (Å²) in [5, 5.41) is 0.755. The first-order chi connectivity index (χ1) is 11.5. The van der Waals surface area contributed by atoms with Gasteiger partial charge in [0.15, 0.2) is 5.96 Å². The van der Waals surface area contributed by atoms with Crippen LogP contribution >= 0.6 is 22.6 Å². The van der Waals surface area contributed by atoms with Gasteiger partial charge in [-0.1, -0.05) is 30.3 Å². The molecule has 0 unspecified atom stereocenters. The molecule has 5 nitrogen and oxygen atoms in total. The van der Waals surface area contributed by atoms with Gasteiger partial charge in [-0.05, 0) is 53.3 Å². The van der Waals surface area contributed by atoms with Crippen LogP contribution < -0.4 is 11.5 Å². The van der Waals surface area contributed by atoms with Crippen LogP contribution in [0.25, 0.3) is 22.2 Å². The van der Waals surface area contributed by atoms with Gasteiger partial charge in [0.2, 0.25) is 0 Å². The fraction of sp³-hybridized carbons (Fsp3) is 0.0556. The number of guanidine groups is 1. The zero-order chi connectivity index (χ0) is 17.3. The predicted molar refractivity (Wildman–Crippen MR) is 105 cm³/mol. The largest absolute Gasteiger partial charge is 0.370 e. The highest BCUT2D eigenvalue weighted by Crippen LogP contribution is 2.30. The average molecular weight is 430 g/mol. The van der Waals surface area contributed by atoms with E-state index in [4.69, 9.17) is 16.5 Å². The lowest BCUT2D eigenvalue weighted by Crippen LogP contribution is -2.24. The molecule has 1 aromatic heterocycles. The molecule has 24 heavy (non-hydrogen) atoms. The van der Waals surface area contributed by atoms with Crippen LogP contribution in [0.1, 0.15) is 15.9 Å². The molecule has 0 aliphatic carbocycles. The Morgan fingerprint density at radius 3 is 2.58 bits per heavy atom. The van der Waals surface area contributed by atoms with Crippen LogP contribution in [0.3, 0.4) is 0 Å². The first-order valence-electron chi connectivity index (χ1n) is 7.26. The summed E-state index contributed by atoms with van der Waals surface area (Å²) in [6, 6.07) is 15.4. The number of amides is 1. The maximum absolute atomic E-state index is 12.5. The van der Waals surface area contributed by atoms with E-state index in [-0.39, 0.29) is 5.96 Å². The molecular formula is C18H15IN4O. The molecule has 0 fully saturated rings. The molecule has 0 aliphatic rings. The van der Waals surface area contributed by atoms with E-state index in [1.807, 2.05) is 49.4 Å². The second kappa shape index (κ2) is 6.56. The second-order valence-electron chi connectivity index (χ2n) is 5.35. The van der Waals surface area contributed by atoms with Crippen molar-refractivity contribution in [2.45, 2.75) is 6.92 Å². The van der Waals surface area contributed by atoms with E-state index in [2.05, 4.69) is 27.6 Å². The van der Waals surface area contributed by atoms with E-state index in [0.29, 0.717) is 5.56 Å². The quantitative estimate of drug-likeness (QED) is 0.371. The van der Waals surface area contributed by atoms with E-state index in [0.717, 1.165) is 31.3 Å². The van der Waals surface area contributed by atoms with Gasteiger partial charge in [-0.3, -0.25) is 4.79 Å². The van der Waals surface area contributed by atoms with Gasteiger partial charge in [0.05, 0.1) is 16.8 Å². The molecule has 0 radical (unpaired) electrons. The molecule has 1 heterocycles. The summed E-state index contributed by atoms with van der Waals surface area (Å²) in [6.45, 7) is 2.01. The summed E-state index contributed by atoms with van der Waals surface area (Å²) in [6.07, 6.45) is 0. The summed E-state index contributed by atoms with van der Waals surface area (Å²) >= 11 is 2.18. The van der Waals surface area contributed by atoms with Crippen LogP contribution in [-0.4, -0.2) is 16.9 Å². The minimum absolute atomic E-state index is 0.256. The van der Waals surface area contributed by atoms with E-state index in [9.17, 15) is 4.79 Å². The third kappa shape index (κ3) is 3.09. The summed E-state index contributed by atoms with van der Waals surface area (Å²) in [5.41, 5.74) is 14.7. The molecule has 0 saturated carbocycles. The van der Waals surface area contributed by atoms with Crippen molar-refractivity contribution in [2.75, 3.05) is 0 Å². The van der Waals surface area contributed by atoms with Crippen molar-refractivity contribution in [3.8, 4) is 11.3 Å². The number of carbonyl (C=O) groups is 1. The van der Waals surface area contributed by atoms with E-state index in [1.54, 1.807) is 6.07 Å². The second-order valence-corrected chi connectivity index (χ2v) is 6.51. The molecular weight excluding hydrogens is 415 g/mol. The summed E-state index contributed by atoms with van der Waals surface area (Å²) in [4.78, 5) is 20.9. The standard InChI is InChI=1S/C18H15IN4O/c1-10-5-2-3-6-11(10)15-9-12(17(24)23-18(20)21)16-13(19)7-4-8-14(16)22-15/h2-9H,1H3,(H4,20,21,23,24). The summed E-state index contributed by atoms with van der Waals surface area (Å²) < 4.78 is 0.920. The highest BCUT2D eigenvalue weighted by atomic mass is 127. The Balaban J connectivity index is 2.34. The molecule has 120 valence electrons. The highest BCUT2D eigenvalue weighted by molar-refractivity contribution is 14.1. The number of halogens is 1. The smallest absolute Gasteiger partial charge is 0.280 e. The van der Waals surface area contributed by atoms with Crippen molar-refractivity contribution in [2.24, 2.45) is 16.5 Å². The van der Waals surface area contributed by atoms with E-state index in [1.165, 1.54) is 0 Å². The van der Waals surface area contributed by atoms with Gasteiger partial charge in [0.1, 0.15) is 0 Å². The number of carbonyl (C=O) groups excluding carboxylic acids is 1. The number of aromatic nitrogens is 1. The van der Waals surface area contributed by atoms with Gasteiger partial charge in [0, 0.05) is 14.5 Å². The molecule has 3 rings (SSSR count). The number of benzene rings is 2. The van der Waals surface area contributed by atoms with Gasteiger partial charge >= 0.3 is 0 Å². The zero-order valence-corrected chi connectivity index (χ0v) is 15.1. The Kier molecular flexibility index (Phi) is 4.48. The maximum Gasteiger partial charge on any atom is 0.280 e. The normalized spacial score (nSPS) is 10.6. The Hall–Kier alpha value is -2.48. The minimum atomic E-state index is -0.471. The summed E-state index contributed by atoms with van der Waals surface area (Å²) in [5.74, 6) is -0.727. The van der Waals surface area contributed by atoms with Crippen molar-refractivity contribution < 1.29 is 4.79 Å². The number of pyridine rings is 1. The number of nitrogens with zero attached hydrogens (tertiary/aromatic N) is 2. The number of fused-ring (bicyclic) bond motifs is 1. The zero-order valence-electron chi connectivity index (χ0n) is 13.0. The van der Waals surface area contributed by atoms with E-state index < -0.39 is 5.91 Å². The molecule has 3 aromatic rings. The molecule has 0 aliphatic heterocycles. The monoisotopic (exact) mass is 430 g/mol. The van der Waals surface area contributed by atoms with Crippen LogP contribution in [-0.2, 0) is 0 Å². The third-order valence-electron chi connectivity index (χ3n) is 3.66. The molecule has 0 saturated heterocycles. The number of hydrogen-bond acceptors (Lipinski definition) is 2. The lowest BCUT2D eigenvalue weighted by Gasteiger charge is -2.11. The van der Waals surface area contributed by atoms with Crippen LogP contribution in [0.15, 0.2) is 53.5 Å². The molecule has 0 bridgehead atoms. The topological polar surface area (TPSA) is 94.4 Å². The molecule has 1 amide bonds. The Labute approximate surface area is 152 Å². The number of rotatable bonds is 2. The number of nitrogens with two attached hydrogens (primary N) is 2. The SMILES string of the molecule is Cc1ccccc1-c1cc(C(=O)N=C(N)N)c2c(I)cccc2n1. The number of aryl methyl sites for hydroxylation is 1. The van der Waals surface area contributed by atoms with Gasteiger partial charge in [-0.25, -0.2) is 4.98 Å². The van der Waals surface area contributed by atoms with E-state index >= 15 is 0 Å². The predicted octanol–water partition coefficient (Wildman–Crippen LogP) is 3.23. The molecule has 4 N–H and O–H groups in total. The number of hydrogen-bond donors (Lipinski definition) is 2. The van der Waals surface area contributed by atoms with Crippen LogP contribution in [0.2, 0.25) is 0 Å². The molecule has 6 heteroatoms. The molecule has 2 aromatic carbocycles. The van der Waals surface area contributed by atoms with Crippen molar-refractivity contribution in [1.82, 2.24) is 4.98 Å². The lowest BCUT2D eigenvalue weighted by molar-refractivity contribution is 0.100.